The van der Waals surface area contributed by atoms with Crippen molar-refractivity contribution in [2.45, 2.75) is 0 Å². The normalized spacial score (nSPS) is 10.3. The number of nitrogens with zero attached hydrogens (tertiary/aromatic N) is 2. The van der Waals surface area contributed by atoms with Gasteiger partial charge in [-0.15, -0.1) is 0 Å². The summed E-state index contributed by atoms with van der Waals surface area (Å²) < 4.78 is 0.789. The maximum atomic E-state index is 6.02. The molecule has 0 atom stereocenters. The molecule has 0 radical (unpaired) electrons. The van der Waals surface area contributed by atoms with Gasteiger partial charge in [0.1, 0.15) is 0 Å². The molecule has 0 aliphatic carbocycles. The summed E-state index contributed by atoms with van der Waals surface area (Å²) in [5.41, 5.74) is 6.64. The maximum Gasteiger partial charge on any atom is 0.227 e. The van der Waals surface area contributed by atoms with Gasteiger partial charge in [0.15, 0.2) is 0 Å². The summed E-state index contributed by atoms with van der Waals surface area (Å²) in [5, 5.41) is 3.77. The molecule has 0 spiro atoms. The molecular formula is C10H7BrCl2N4. The van der Waals surface area contributed by atoms with Gasteiger partial charge in [-0.3, -0.25) is 0 Å². The van der Waals surface area contributed by atoms with Crippen LogP contribution in [0.3, 0.4) is 0 Å². The summed E-state index contributed by atoms with van der Waals surface area (Å²) in [4.78, 5) is 8.12. The summed E-state index contributed by atoms with van der Waals surface area (Å²) in [5.74, 6) is 0.404. The second-order valence-electron chi connectivity index (χ2n) is 3.21. The largest absolute Gasteiger partial charge is 0.399 e. The minimum Gasteiger partial charge on any atom is -0.399 e. The van der Waals surface area contributed by atoms with Crippen molar-refractivity contribution in [3.05, 3.63) is 39.0 Å². The molecule has 0 fully saturated rings. The number of halogens is 3. The van der Waals surface area contributed by atoms with E-state index in [1.165, 1.54) is 0 Å². The summed E-state index contributed by atoms with van der Waals surface area (Å²) in [6, 6.07) is 3.21. The Balaban J connectivity index is 2.33. The van der Waals surface area contributed by atoms with E-state index >= 15 is 0 Å². The Morgan fingerprint density at radius 1 is 1.12 bits per heavy atom. The van der Waals surface area contributed by atoms with Gasteiger partial charge in [0.25, 0.3) is 0 Å². The third-order valence-electron chi connectivity index (χ3n) is 1.92. The average Bonchev–Trinajstić information content (AvgIpc) is 2.26. The number of rotatable bonds is 2. The van der Waals surface area contributed by atoms with Crippen molar-refractivity contribution in [1.29, 1.82) is 0 Å². The van der Waals surface area contributed by atoms with Crippen LogP contribution in [-0.4, -0.2) is 9.97 Å². The fourth-order valence-electron chi connectivity index (χ4n) is 1.20. The van der Waals surface area contributed by atoms with Crippen molar-refractivity contribution >= 4 is 56.5 Å². The lowest BCUT2D eigenvalue weighted by Crippen LogP contribution is -1.98. The van der Waals surface area contributed by atoms with Crippen LogP contribution in [0.25, 0.3) is 0 Å². The van der Waals surface area contributed by atoms with Crippen LogP contribution in [0.4, 0.5) is 17.3 Å². The van der Waals surface area contributed by atoms with E-state index < -0.39 is 0 Å². The summed E-state index contributed by atoms with van der Waals surface area (Å²) in [7, 11) is 0. The Labute approximate surface area is 116 Å². The highest BCUT2D eigenvalue weighted by atomic mass is 79.9. The SMILES string of the molecule is Nc1cc(Cl)c(Nc2ncc(Br)cn2)c(Cl)c1. The molecule has 0 amide bonds. The average molecular weight is 334 g/mol. The molecule has 17 heavy (non-hydrogen) atoms. The Hall–Kier alpha value is -1.04. The highest BCUT2D eigenvalue weighted by molar-refractivity contribution is 9.10. The van der Waals surface area contributed by atoms with Crippen LogP contribution in [-0.2, 0) is 0 Å². The zero-order valence-corrected chi connectivity index (χ0v) is 11.5. The molecule has 2 aromatic rings. The van der Waals surface area contributed by atoms with Gasteiger partial charge in [0.05, 0.1) is 20.2 Å². The van der Waals surface area contributed by atoms with Crippen LogP contribution in [0.1, 0.15) is 0 Å². The summed E-state index contributed by atoms with van der Waals surface area (Å²) >= 11 is 15.3. The second kappa shape index (κ2) is 5.08. The first kappa shape index (κ1) is 12.4. The van der Waals surface area contributed by atoms with Crippen molar-refractivity contribution in [1.82, 2.24) is 9.97 Å². The number of anilines is 3. The smallest absolute Gasteiger partial charge is 0.227 e. The minimum atomic E-state index is 0.404. The van der Waals surface area contributed by atoms with Gasteiger partial charge in [-0.2, -0.15) is 0 Å². The van der Waals surface area contributed by atoms with Crippen molar-refractivity contribution in [3.63, 3.8) is 0 Å². The van der Waals surface area contributed by atoms with Crippen LogP contribution >= 0.6 is 39.1 Å². The second-order valence-corrected chi connectivity index (χ2v) is 4.94. The van der Waals surface area contributed by atoms with Gasteiger partial charge >= 0.3 is 0 Å². The molecule has 7 heteroatoms. The molecule has 0 unspecified atom stereocenters. The van der Waals surface area contributed by atoms with Crippen LogP contribution in [0.15, 0.2) is 29.0 Å². The van der Waals surface area contributed by atoms with E-state index in [1.807, 2.05) is 0 Å². The van der Waals surface area contributed by atoms with Gasteiger partial charge in [-0.05, 0) is 28.1 Å². The lowest BCUT2D eigenvalue weighted by atomic mass is 10.3. The van der Waals surface area contributed by atoms with Crippen LogP contribution in [0.5, 0.6) is 0 Å². The molecule has 0 bridgehead atoms. The number of nitrogen functional groups attached to an aromatic ring is 1. The number of hydrogen-bond acceptors (Lipinski definition) is 4. The van der Waals surface area contributed by atoms with Gasteiger partial charge in [-0.25, -0.2) is 9.97 Å². The van der Waals surface area contributed by atoms with Crippen LogP contribution in [0.2, 0.25) is 10.0 Å². The van der Waals surface area contributed by atoms with Crippen molar-refractivity contribution in [2.24, 2.45) is 0 Å². The number of nitrogens with one attached hydrogen (secondary N) is 1. The van der Waals surface area contributed by atoms with Gasteiger partial charge in [0.2, 0.25) is 5.95 Å². The number of hydrogen-bond donors (Lipinski definition) is 2. The minimum absolute atomic E-state index is 0.404. The predicted octanol–water partition coefficient (Wildman–Crippen LogP) is 3.87. The van der Waals surface area contributed by atoms with Crippen molar-refractivity contribution in [3.8, 4) is 0 Å². The maximum absolute atomic E-state index is 6.02. The van der Waals surface area contributed by atoms with E-state index in [0.29, 0.717) is 27.4 Å². The highest BCUT2D eigenvalue weighted by Gasteiger charge is 2.08. The third kappa shape index (κ3) is 3.00. The summed E-state index contributed by atoms with van der Waals surface area (Å²) in [6.07, 6.45) is 3.24. The molecule has 1 aromatic heterocycles. The zero-order valence-electron chi connectivity index (χ0n) is 8.42. The monoisotopic (exact) mass is 332 g/mol. The number of benzene rings is 1. The molecular weight excluding hydrogens is 327 g/mol. The Morgan fingerprint density at radius 3 is 2.18 bits per heavy atom. The molecule has 88 valence electrons. The van der Waals surface area contributed by atoms with E-state index in [0.717, 1.165) is 4.47 Å². The molecule has 0 saturated carbocycles. The Morgan fingerprint density at radius 2 is 1.65 bits per heavy atom. The van der Waals surface area contributed by atoms with Crippen LogP contribution in [0, 0.1) is 0 Å². The zero-order chi connectivity index (χ0) is 12.4. The molecule has 2 rings (SSSR count). The lowest BCUT2D eigenvalue weighted by molar-refractivity contribution is 1.15. The quantitative estimate of drug-likeness (QED) is 0.819. The topological polar surface area (TPSA) is 63.8 Å². The Kier molecular flexibility index (Phi) is 3.71. The number of nitrogens with two attached hydrogens (primary N) is 1. The van der Waals surface area contributed by atoms with E-state index in [-0.39, 0.29) is 0 Å². The molecule has 4 nitrogen and oxygen atoms in total. The summed E-state index contributed by atoms with van der Waals surface area (Å²) in [6.45, 7) is 0. The van der Waals surface area contributed by atoms with Crippen molar-refractivity contribution < 1.29 is 0 Å². The fraction of sp³-hybridized carbons (Fsp3) is 0. The lowest BCUT2D eigenvalue weighted by Gasteiger charge is -2.09. The first-order valence-corrected chi connectivity index (χ1v) is 6.10. The molecule has 1 heterocycles. The van der Waals surface area contributed by atoms with Crippen LogP contribution < -0.4 is 11.1 Å². The molecule has 0 saturated heterocycles. The predicted molar refractivity (Wildman–Crippen MR) is 73.9 cm³/mol. The number of aromatic nitrogens is 2. The van der Waals surface area contributed by atoms with Gasteiger partial charge < -0.3 is 11.1 Å². The van der Waals surface area contributed by atoms with Crippen molar-refractivity contribution in [2.75, 3.05) is 11.1 Å². The molecule has 0 aliphatic rings. The molecule has 1 aromatic carbocycles. The van der Waals surface area contributed by atoms with E-state index in [2.05, 4.69) is 31.2 Å². The third-order valence-corrected chi connectivity index (χ3v) is 2.93. The first-order valence-electron chi connectivity index (χ1n) is 4.55. The van der Waals surface area contributed by atoms with E-state index in [1.54, 1.807) is 24.5 Å². The van der Waals surface area contributed by atoms with Gasteiger partial charge in [0, 0.05) is 18.1 Å². The standard InChI is InChI=1S/C10H7BrCl2N4/c11-5-3-15-10(16-4-5)17-9-7(12)1-6(14)2-8(9)13/h1-4H,14H2,(H,15,16,17). The highest BCUT2D eigenvalue weighted by Crippen LogP contribution is 2.34. The van der Waals surface area contributed by atoms with E-state index in [9.17, 15) is 0 Å². The first-order chi connectivity index (χ1) is 8.06. The van der Waals surface area contributed by atoms with Gasteiger partial charge in [-0.1, -0.05) is 23.2 Å². The molecule has 3 N–H and O–H groups in total. The molecule has 0 aliphatic heterocycles. The Bertz CT molecular complexity index is 521. The van der Waals surface area contributed by atoms with E-state index in [4.69, 9.17) is 28.9 Å². The fourth-order valence-corrected chi connectivity index (χ4v) is 2.00.